The van der Waals surface area contributed by atoms with E-state index in [2.05, 4.69) is 5.32 Å². The van der Waals surface area contributed by atoms with Gasteiger partial charge in [-0.25, -0.2) is 4.79 Å². The van der Waals surface area contributed by atoms with Crippen LogP contribution in [0.3, 0.4) is 0 Å². The molecule has 0 fully saturated rings. The summed E-state index contributed by atoms with van der Waals surface area (Å²) in [6, 6.07) is 13.7. The number of para-hydroxylation sites is 1. The predicted octanol–water partition coefficient (Wildman–Crippen LogP) is 1.74. The van der Waals surface area contributed by atoms with E-state index in [-0.39, 0.29) is 18.0 Å². The summed E-state index contributed by atoms with van der Waals surface area (Å²) < 4.78 is 7.66. The lowest BCUT2D eigenvalue weighted by molar-refractivity contribution is -0.116. The fraction of sp³-hybridized carbons (Fsp3) is 0.211. The molecule has 0 aliphatic carbocycles. The first-order valence-electron chi connectivity index (χ1n) is 8.22. The van der Waals surface area contributed by atoms with Gasteiger partial charge in [0.2, 0.25) is 5.91 Å². The number of carbonyl (C=O) groups is 1. The Morgan fingerprint density at radius 2 is 1.77 bits per heavy atom. The third kappa shape index (κ3) is 3.37. The van der Waals surface area contributed by atoms with Gasteiger partial charge in [-0.1, -0.05) is 12.1 Å². The minimum Gasteiger partial charge on any atom is -0.494 e. The highest BCUT2D eigenvalue weighted by Crippen LogP contribution is 2.15. The van der Waals surface area contributed by atoms with Crippen molar-refractivity contribution in [3.8, 4) is 5.75 Å². The fourth-order valence-electron chi connectivity index (χ4n) is 2.74. The second-order valence-electron chi connectivity index (χ2n) is 5.76. The Hall–Kier alpha value is -3.35. The molecule has 3 rings (SSSR count). The van der Waals surface area contributed by atoms with Gasteiger partial charge in [0.25, 0.3) is 5.56 Å². The molecule has 2 aromatic carbocycles. The average Bonchev–Trinajstić information content (AvgIpc) is 2.65. The molecule has 1 amide bonds. The Balaban J connectivity index is 1.88. The lowest BCUT2D eigenvalue weighted by Crippen LogP contribution is -2.40. The van der Waals surface area contributed by atoms with E-state index in [1.54, 1.807) is 48.5 Å². The molecular formula is C19H19N3O4. The maximum Gasteiger partial charge on any atom is 0.331 e. The second kappa shape index (κ2) is 7.26. The lowest BCUT2D eigenvalue weighted by atomic mass is 10.2. The van der Waals surface area contributed by atoms with Crippen LogP contribution >= 0.6 is 0 Å². The number of nitrogens with zero attached hydrogens (tertiary/aromatic N) is 2. The van der Waals surface area contributed by atoms with E-state index in [1.807, 2.05) is 6.92 Å². The first-order valence-corrected chi connectivity index (χ1v) is 8.22. The van der Waals surface area contributed by atoms with Crippen LogP contribution in [0.1, 0.15) is 6.92 Å². The summed E-state index contributed by atoms with van der Waals surface area (Å²) in [5, 5.41) is 3.14. The van der Waals surface area contributed by atoms with Gasteiger partial charge in [-0.3, -0.25) is 18.7 Å². The highest BCUT2D eigenvalue weighted by Gasteiger charge is 2.13. The Morgan fingerprint density at radius 3 is 2.46 bits per heavy atom. The molecule has 1 aromatic heterocycles. The molecule has 1 N–H and O–H groups in total. The molecule has 0 aliphatic rings. The molecule has 0 radical (unpaired) electrons. The van der Waals surface area contributed by atoms with Crippen molar-refractivity contribution in [3.05, 3.63) is 69.4 Å². The van der Waals surface area contributed by atoms with Gasteiger partial charge in [0, 0.05) is 12.7 Å². The Bertz CT molecular complexity index is 1060. The third-order valence-corrected chi connectivity index (χ3v) is 4.00. The molecule has 0 bridgehead atoms. The van der Waals surface area contributed by atoms with Crippen LogP contribution in [0.15, 0.2) is 58.1 Å². The van der Waals surface area contributed by atoms with Gasteiger partial charge in [-0.15, -0.1) is 0 Å². The van der Waals surface area contributed by atoms with Crippen LogP contribution in [0.5, 0.6) is 5.75 Å². The molecular weight excluding hydrogens is 334 g/mol. The van der Waals surface area contributed by atoms with Gasteiger partial charge in [0.05, 0.1) is 17.5 Å². The molecule has 7 nitrogen and oxygen atoms in total. The van der Waals surface area contributed by atoms with Crippen LogP contribution in [0.4, 0.5) is 5.69 Å². The standard InChI is InChI=1S/C19H19N3O4/c1-3-26-14-10-8-13(9-11-14)20-17(23)12-22-16-7-5-4-6-15(16)18(24)21(2)19(22)25/h4-11H,3,12H2,1-2H3,(H,20,23). The van der Waals surface area contributed by atoms with Crippen LogP contribution < -0.4 is 21.3 Å². The van der Waals surface area contributed by atoms with Gasteiger partial charge in [-0.2, -0.15) is 0 Å². The molecule has 1 heterocycles. The van der Waals surface area contributed by atoms with E-state index in [0.29, 0.717) is 28.9 Å². The second-order valence-corrected chi connectivity index (χ2v) is 5.76. The summed E-state index contributed by atoms with van der Waals surface area (Å²) >= 11 is 0. The molecule has 3 aromatic rings. The molecule has 0 saturated carbocycles. The molecule has 0 unspecified atom stereocenters. The average molecular weight is 353 g/mol. The van der Waals surface area contributed by atoms with Crippen LogP contribution in [0.25, 0.3) is 10.9 Å². The minimum atomic E-state index is -0.532. The SMILES string of the molecule is CCOc1ccc(NC(=O)Cn2c(=O)n(C)c(=O)c3ccccc32)cc1. The van der Waals surface area contributed by atoms with Gasteiger partial charge < -0.3 is 10.1 Å². The summed E-state index contributed by atoms with van der Waals surface area (Å²) in [6.07, 6.45) is 0. The molecule has 0 spiro atoms. The molecule has 0 atom stereocenters. The number of benzene rings is 2. The maximum absolute atomic E-state index is 12.4. The third-order valence-electron chi connectivity index (χ3n) is 4.00. The fourth-order valence-corrected chi connectivity index (χ4v) is 2.74. The molecule has 7 heteroatoms. The highest BCUT2D eigenvalue weighted by atomic mass is 16.5. The van der Waals surface area contributed by atoms with Crippen LogP contribution in [0.2, 0.25) is 0 Å². The van der Waals surface area contributed by atoms with E-state index in [0.717, 1.165) is 4.57 Å². The van der Waals surface area contributed by atoms with Crippen molar-refractivity contribution in [1.82, 2.24) is 9.13 Å². The number of aromatic nitrogens is 2. The quantitative estimate of drug-likeness (QED) is 0.757. The lowest BCUT2D eigenvalue weighted by Gasteiger charge is -2.12. The van der Waals surface area contributed by atoms with Gasteiger partial charge in [-0.05, 0) is 43.3 Å². The first-order chi connectivity index (χ1) is 12.5. The number of amides is 1. The summed E-state index contributed by atoms with van der Waals surface area (Å²) in [4.78, 5) is 37.0. The zero-order chi connectivity index (χ0) is 18.7. The van der Waals surface area contributed by atoms with E-state index in [9.17, 15) is 14.4 Å². The Morgan fingerprint density at radius 1 is 1.08 bits per heavy atom. The molecule has 134 valence electrons. The van der Waals surface area contributed by atoms with Crippen molar-refractivity contribution < 1.29 is 9.53 Å². The Kier molecular flexibility index (Phi) is 4.88. The topological polar surface area (TPSA) is 82.3 Å². The monoisotopic (exact) mass is 353 g/mol. The zero-order valence-electron chi connectivity index (χ0n) is 14.6. The van der Waals surface area contributed by atoms with E-state index < -0.39 is 5.69 Å². The number of hydrogen-bond donors (Lipinski definition) is 1. The predicted molar refractivity (Wildman–Crippen MR) is 99.7 cm³/mol. The smallest absolute Gasteiger partial charge is 0.331 e. The van der Waals surface area contributed by atoms with Crippen LogP contribution in [-0.2, 0) is 18.4 Å². The number of nitrogens with one attached hydrogen (secondary N) is 1. The van der Waals surface area contributed by atoms with E-state index in [4.69, 9.17) is 4.74 Å². The maximum atomic E-state index is 12.4. The largest absolute Gasteiger partial charge is 0.494 e. The van der Waals surface area contributed by atoms with Crippen molar-refractivity contribution in [1.29, 1.82) is 0 Å². The van der Waals surface area contributed by atoms with E-state index >= 15 is 0 Å². The number of anilines is 1. The van der Waals surface area contributed by atoms with E-state index in [1.165, 1.54) is 11.6 Å². The number of rotatable bonds is 5. The van der Waals surface area contributed by atoms with Gasteiger partial charge in [0.1, 0.15) is 12.3 Å². The number of fused-ring (bicyclic) bond motifs is 1. The van der Waals surface area contributed by atoms with Crippen LogP contribution in [0, 0.1) is 0 Å². The van der Waals surface area contributed by atoms with Gasteiger partial charge in [0.15, 0.2) is 0 Å². The summed E-state index contributed by atoms with van der Waals surface area (Å²) in [5.74, 6) is 0.353. The normalized spacial score (nSPS) is 10.7. The summed E-state index contributed by atoms with van der Waals surface area (Å²) in [6.45, 7) is 2.26. The Labute approximate surface area is 149 Å². The minimum absolute atomic E-state index is 0.194. The molecule has 0 saturated heterocycles. The number of hydrogen-bond acceptors (Lipinski definition) is 4. The van der Waals surface area contributed by atoms with Crippen molar-refractivity contribution >= 4 is 22.5 Å². The highest BCUT2D eigenvalue weighted by molar-refractivity contribution is 5.91. The number of ether oxygens (including phenoxy) is 1. The summed E-state index contributed by atoms with van der Waals surface area (Å²) in [7, 11) is 1.40. The molecule has 26 heavy (non-hydrogen) atoms. The van der Waals surface area contributed by atoms with Crippen molar-refractivity contribution in [3.63, 3.8) is 0 Å². The van der Waals surface area contributed by atoms with Gasteiger partial charge >= 0.3 is 5.69 Å². The molecule has 0 aliphatic heterocycles. The van der Waals surface area contributed by atoms with Crippen molar-refractivity contribution in [2.45, 2.75) is 13.5 Å². The number of carbonyl (C=O) groups excluding carboxylic acids is 1. The summed E-state index contributed by atoms with van der Waals surface area (Å²) in [5.41, 5.74) is 0.118. The van der Waals surface area contributed by atoms with Crippen LogP contribution in [-0.4, -0.2) is 21.6 Å². The first kappa shape index (κ1) is 17.5. The zero-order valence-corrected chi connectivity index (χ0v) is 14.6. The van der Waals surface area contributed by atoms with Crippen molar-refractivity contribution in [2.75, 3.05) is 11.9 Å². The van der Waals surface area contributed by atoms with Crippen molar-refractivity contribution in [2.24, 2.45) is 7.05 Å².